The fraction of sp³-hybridized carbons (Fsp3) is 0.588. The van der Waals surface area contributed by atoms with Crippen molar-refractivity contribution in [3.8, 4) is 0 Å². The minimum absolute atomic E-state index is 0.00905. The molecule has 5 nitrogen and oxygen atoms in total. The maximum absolute atomic E-state index is 12.2. The van der Waals surface area contributed by atoms with E-state index in [4.69, 9.17) is 4.74 Å². The van der Waals surface area contributed by atoms with Crippen molar-refractivity contribution in [2.75, 3.05) is 6.61 Å². The number of carbonyl (C=O) groups is 3. The molecule has 0 bridgehead atoms. The molecular formula is C17H23NO4S. The molecule has 0 spiro atoms. The lowest BCUT2D eigenvalue weighted by Gasteiger charge is -2.38. The van der Waals surface area contributed by atoms with Gasteiger partial charge in [-0.15, -0.1) is 11.3 Å². The summed E-state index contributed by atoms with van der Waals surface area (Å²) < 4.78 is 5.04. The summed E-state index contributed by atoms with van der Waals surface area (Å²) in [5.74, 6) is -0.718. The fourth-order valence-electron chi connectivity index (χ4n) is 2.98. The minimum atomic E-state index is -0.499. The number of Topliss-reactive ketones (excluding diaryl/α,β-unsaturated/α-hetero) is 1. The standard InChI is InChI=1S/C17H23NO4S/c1-12-5-3-6-13(2)18(12)16(20)11-22-17(21)9-8-14(19)15-7-4-10-23-15/h4,7,10,12-13H,3,5-6,8-9,11H2,1-2H3/t12-,13-/m0/s1. The van der Waals surface area contributed by atoms with Crippen molar-refractivity contribution in [3.05, 3.63) is 22.4 Å². The molecule has 0 unspecified atom stereocenters. The fourth-order valence-corrected chi connectivity index (χ4v) is 3.67. The Kier molecular flexibility index (Phi) is 6.33. The molecule has 1 aliphatic heterocycles. The molecule has 0 saturated carbocycles. The van der Waals surface area contributed by atoms with Crippen LogP contribution in [0.5, 0.6) is 0 Å². The number of esters is 1. The molecule has 126 valence electrons. The van der Waals surface area contributed by atoms with Crippen molar-refractivity contribution in [2.45, 2.75) is 58.0 Å². The first-order valence-corrected chi connectivity index (χ1v) is 8.90. The molecule has 0 radical (unpaired) electrons. The lowest BCUT2D eigenvalue weighted by Crippen LogP contribution is -2.49. The van der Waals surface area contributed by atoms with Crippen LogP contribution in [0.3, 0.4) is 0 Å². The molecule has 2 rings (SSSR count). The summed E-state index contributed by atoms with van der Waals surface area (Å²) in [5, 5.41) is 1.82. The Hall–Kier alpha value is -1.69. The first-order valence-electron chi connectivity index (χ1n) is 8.02. The van der Waals surface area contributed by atoms with Crippen LogP contribution < -0.4 is 0 Å². The number of thiophene rings is 1. The van der Waals surface area contributed by atoms with Crippen LogP contribution in [-0.4, -0.2) is 41.3 Å². The molecule has 1 aromatic heterocycles. The number of rotatable bonds is 6. The molecule has 0 N–H and O–H groups in total. The van der Waals surface area contributed by atoms with Crippen LogP contribution in [0.4, 0.5) is 0 Å². The van der Waals surface area contributed by atoms with E-state index in [1.54, 1.807) is 12.1 Å². The summed E-state index contributed by atoms with van der Waals surface area (Å²) in [6.07, 6.45) is 3.22. The summed E-state index contributed by atoms with van der Waals surface area (Å²) in [6.45, 7) is 3.81. The number of ketones is 1. The quantitative estimate of drug-likeness (QED) is 0.591. The van der Waals surface area contributed by atoms with E-state index in [0.717, 1.165) is 19.3 Å². The first-order chi connectivity index (χ1) is 11.0. The van der Waals surface area contributed by atoms with Crippen LogP contribution in [0, 0.1) is 0 Å². The average Bonchev–Trinajstić information content (AvgIpc) is 3.05. The number of amides is 1. The topological polar surface area (TPSA) is 63.7 Å². The van der Waals surface area contributed by atoms with Gasteiger partial charge in [0.05, 0.1) is 11.3 Å². The summed E-state index contributed by atoms with van der Waals surface area (Å²) >= 11 is 1.36. The Bertz CT molecular complexity index is 545. The van der Waals surface area contributed by atoms with Crippen molar-refractivity contribution in [1.29, 1.82) is 0 Å². The predicted octanol–water partition coefficient (Wildman–Crippen LogP) is 3.04. The molecule has 2 heterocycles. The SMILES string of the molecule is C[C@H]1CCC[C@H](C)N1C(=O)COC(=O)CCC(=O)c1cccs1. The van der Waals surface area contributed by atoms with Crippen LogP contribution in [0.1, 0.15) is 55.6 Å². The lowest BCUT2D eigenvalue weighted by atomic mass is 9.97. The van der Waals surface area contributed by atoms with Crippen molar-refractivity contribution in [3.63, 3.8) is 0 Å². The molecule has 23 heavy (non-hydrogen) atoms. The van der Waals surface area contributed by atoms with Crippen LogP contribution >= 0.6 is 11.3 Å². The number of hydrogen-bond acceptors (Lipinski definition) is 5. The monoisotopic (exact) mass is 337 g/mol. The van der Waals surface area contributed by atoms with E-state index in [-0.39, 0.29) is 43.2 Å². The molecule has 6 heteroatoms. The van der Waals surface area contributed by atoms with Gasteiger partial charge in [-0.05, 0) is 44.6 Å². The van der Waals surface area contributed by atoms with Gasteiger partial charge in [0.15, 0.2) is 12.4 Å². The maximum Gasteiger partial charge on any atom is 0.306 e. The van der Waals surface area contributed by atoms with Gasteiger partial charge in [-0.25, -0.2) is 0 Å². The second-order valence-electron chi connectivity index (χ2n) is 5.99. The molecule has 1 fully saturated rings. The summed E-state index contributed by atoms with van der Waals surface area (Å²) in [4.78, 5) is 38.2. The van der Waals surface area contributed by atoms with E-state index in [0.29, 0.717) is 4.88 Å². The van der Waals surface area contributed by atoms with Gasteiger partial charge < -0.3 is 9.64 Å². The van der Waals surface area contributed by atoms with Gasteiger partial charge in [-0.2, -0.15) is 0 Å². The zero-order valence-corrected chi connectivity index (χ0v) is 14.4. The van der Waals surface area contributed by atoms with E-state index in [1.165, 1.54) is 11.3 Å². The third-order valence-corrected chi connectivity index (χ3v) is 5.10. The van der Waals surface area contributed by atoms with Crippen molar-refractivity contribution >= 4 is 29.0 Å². The Labute approximate surface area is 140 Å². The van der Waals surface area contributed by atoms with Crippen LogP contribution in [0.15, 0.2) is 17.5 Å². The minimum Gasteiger partial charge on any atom is -0.456 e. The molecule has 1 aliphatic rings. The average molecular weight is 337 g/mol. The molecule has 1 saturated heterocycles. The Morgan fingerprint density at radius 3 is 2.52 bits per heavy atom. The highest BCUT2D eigenvalue weighted by molar-refractivity contribution is 7.12. The lowest BCUT2D eigenvalue weighted by molar-refractivity contribution is -0.154. The largest absolute Gasteiger partial charge is 0.456 e. The van der Waals surface area contributed by atoms with Gasteiger partial charge >= 0.3 is 5.97 Å². The molecule has 0 aliphatic carbocycles. The van der Waals surface area contributed by atoms with Gasteiger partial charge in [-0.1, -0.05) is 6.07 Å². The number of piperidine rings is 1. The first kappa shape index (κ1) is 17.7. The Balaban J connectivity index is 1.73. The zero-order chi connectivity index (χ0) is 16.8. The third kappa shape index (κ3) is 4.89. The van der Waals surface area contributed by atoms with Crippen LogP contribution in [0.25, 0.3) is 0 Å². The highest BCUT2D eigenvalue weighted by atomic mass is 32.1. The van der Waals surface area contributed by atoms with Crippen molar-refractivity contribution in [2.24, 2.45) is 0 Å². The van der Waals surface area contributed by atoms with E-state index < -0.39 is 5.97 Å². The second-order valence-corrected chi connectivity index (χ2v) is 6.94. The van der Waals surface area contributed by atoms with Crippen molar-refractivity contribution in [1.82, 2.24) is 4.90 Å². The predicted molar refractivity (Wildman–Crippen MR) is 88.5 cm³/mol. The normalized spacial score (nSPS) is 21.0. The van der Waals surface area contributed by atoms with Crippen LogP contribution in [0.2, 0.25) is 0 Å². The molecular weight excluding hydrogens is 314 g/mol. The summed E-state index contributed by atoms with van der Waals surface area (Å²) in [5.41, 5.74) is 0. The Morgan fingerprint density at radius 2 is 1.91 bits per heavy atom. The zero-order valence-electron chi connectivity index (χ0n) is 13.6. The van der Waals surface area contributed by atoms with Gasteiger partial charge in [-0.3, -0.25) is 14.4 Å². The summed E-state index contributed by atoms with van der Waals surface area (Å²) in [6, 6.07) is 3.91. The van der Waals surface area contributed by atoms with Gasteiger partial charge in [0.2, 0.25) is 0 Å². The number of carbonyl (C=O) groups excluding carboxylic acids is 3. The van der Waals surface area contributed by atoms with E-state index in [2.05, 4.69) is 0 Å². The van der Waals surface area contributed by atoms with Gasteiger partial charge in [0, 0.05) is 18.5 Å². The molecule has 2 atom stereocenters. The number of nitrogens with zero attached hydrogens (tertiary/aromatic N) is 1. The Morgan fingerprint density at radius 1 is 1.22 bits per heavy atom. The maximum atomic E-state index is 12.2. The summed E-state index contributed by atoms with van der Waals surface area (Å²) in [7, 11) is 0. The van der Waals surface area contributed by atoms with E-state index in [1.807, 2.05) is 24.1 Å². The number of ether oxygens (including phenoxy) is 1. The smallest absolute Gasteiger partial charge is 0.306 e. The molecule has 0 aromatic carbocycles. The van der Waals surface area contributed by atoms with E-state index in [9.17, 15) is 14.4 Å². The highest BCUT2D eigenvalue weighted by Gasteiger charge is 2.29. The molecule has 1 aromatic rings. The van der Waals surface area contributed by atoms with Crippen molar-refractivity contribution < 1.29 is 19.1 Å². The van der Waals surface area contributed by atoms with Crippen LogP contribution in [-0.2, 0) is 14.3 Å². The van der Waals surface area contributed by atoms with Gasteiger partial charge in [0.1, 0.15) is 0 Å². The number of likely N-dealkylation sites (tertiary alicyclic amines) is 1. The second kappa shape index (κ2) is 8.24. The number of hydrogen-bond donors (Lipinski definition) is 0. The third-order valence-electron chi connectivity index (χ3n) is 4.19. The van der Waals surface area contributed by atoms with Gasteiger partial charge in [0.25, 0.3) is 5.91 Å². The van der Waals surface area contributed by atoms with E-state index >= 15 is 0 Å². The highest BCUT2D eigenvalue weighted by Crippen LogP contribution is 2.22. The molecule has 1 amide bonds.